The van der Waals surface area contributed by atoms with Crippen LogP contribution < -0.4 is 5.32 Å². The van der Waals surface area contributed by atoms with Gasteiger partial charge in [0.1, 0.15) is 5.75 Å². The van der Waals surface area contributed by atoms with Crippen molar-refractivity contribution >= 4 is 21.6 Å². The molecule has 0 amide bonds. The van der Waals surface area contributed by atoms with Gasteiger partial charge in [-0.2, -0.15) is 0 Å². The van der Waals surface area contributed by atoms with Crippen LogP contribution in [0.2, 0.25) is 0 Å². The molecule has 0 aliphatic heterocycles. The number of rotatable bonds is 4. The summed E-state index contributed by atoms with van der Waals surface area (Å²) in [6.07, 6.45) is 1.59. The standard InChI is InChI=1S/C14H15BrN2O2/c1-9-14(19)13(10(8-18)6-16-9)7-17-12-4-2-11(15)3-5-12/h2-6,17-19H,7-8H2,1H3. The quantitative estimate of drug-likeness (QED) is 0.809. The SMILES string of the molecule is Cc1ncc(CO)c(CNc2ccc(Br)cc2)c1O. The van der Waals surface area contributed by atoms with Crippen molar-refractivity contribution in [3.05, 3.63) is 51.8 Å². The molecule has 0 atom stereocenters. The molecule has 3 N–H and O–H groups in total. The number of aryl methyl sites for hydroxylation is 1. The van der Waals surface area contributed by atoms with Gasteiger partial charge in [-0.3, -0.25) is 4.98 Å². The molecule has 19 heavy (non-hydrogen) atoms. The number of anilines is 1. The fraction of sp³-hybridized carbons (Fsp3) is 0.214. The van der Waals surface area contributed by atoms with E-state index in [1.54, 1.807) is 13.1 Å². The average Bonchev–Trinajstić information content (AvgIpc) is 2.42. The van der Waals surface area contributed by atoms with Gasteiger partial charge in [-0.1, -0.05) is 15.9 Å². The summed E-state index contributed by atoms with van der Waals surface area (Å²) in [6, 6.07) is 7.75. The topological polar surface area (TPSA) is 65.4 Å². The van der Waals surface area contributed by atoms with Gasteiger partial charge in [0.25, 0.3) is 0 Å². The fourth-order valence-electron chi connectivity index (χ4n) is 1.78. The minimum Gasteiger partial charge on any atom is -0.506 e. The highest BCUT2D eigenvalue weighted by atomic mass is 79.9. The zero-order valence-electron chi connectivity index (χ0n) is 10.5. The summed E-state index contributed by atoms with van der Waals surface area (Å²) >= 11 is 3.38. The molecule has 4 nitrogen and oxygen atoms in total. The number of aliphatic hydroxyl groups excluding tert-OH is 1. The van der Waals surface area contributed by atoms with Crippen molar-refractivity contribution in [3.63, 3.8) is 0 Å². The first-order chi connectivity index (χ1) is 9.11. The molecule has 1 heterocycles. The number of hydrogen-bond acceptors (Lipinski definition) is 4. The van der Waals surface area contributed by atoms with Gasteiger partial charge in [-0.05, 0) is 31.2 Å². The Morgan fingerprint density at radius 3 is 2.58 bits per heavy atom. The molecule has 0 aliphatic rings. The summed E-state index contributed by atoms with van der Waals surface area (Å²) in [4.78, 5) is 4.03. The Morgan fingerprint density at radius 1 is 1.26 bits per heavy atom. The van der Waals surface area contributed by atoms with E-state index in [9.17, 15) is 10.2 Å². The van der Waals surface area contributed by atoms with Gasteiger partial charge in [-0.15, -0.1) is 0 Å². The molecule has 100 valence electrons. The third-order valence-electron chi connectivity index (χ3n) is 2.91. The van der Waals surface area contributed by atoms with E-state index in [4.69, 9.17) is 0 Å². The van der Waals surface area contributed by atoms with Gasteiger partial charge < -0.3 is 15.5 Å². The van der Waals surface area contributed by atoms with Crippen molar-refractivity contribution in [2.75, 3.05) is 5.32 Å². The second-order valence-corrected chi connectivity index (χ2v) is 5.13. The van der Waals surface area contributed by atoms with Crippen LogP contribution >= 0.6 is 15.9 Å². The highest BCUT2D eigenvalue weighted by Crippen LogP contribution is 2.25. The highest BCUT2D eigenvalue weighted by molar-refractivity contribution is 9.10. The molecule has 1 aromatic carbocycles. The molecule has 0 fully saturated rings. The van der Waals surface area contributed by atoms with E-state index in [1.807, 2.05) is 24.3 Å². The van der Waals surface area contributed by atoms with Crippen LogP contribution in [0.25, 0.3) is 0 Å². The second kappa shape index (κ2) is 6.04. The summed E-state index contributed by atoms with van der Waals surface area (Å²) in [5.74, 6) is 0.135. The molecule has 0 aliphatic carbocycles. The van der Waals surface area contributed by atoms with Crippen LogP contribution in [0, 0.1) is 6.92 Å². The third-order valence-corrected chi connectivity index (χ3v) is 3.44. The number of nitrogens with one attached hydrogen (secondary N) is 1. The van der Waals surface area contributed by atoms with Gasteiger partial charge in [0, 0.05) is 34.0 Å². The molecule has 0 unspecified atom stereocenters. The van der Waals surface area contributed by atoms with Crippen LogP contribution in [-0.2, 0) is 13.2 Å². The lowest BCUT2D eigenvalue weighted by atomic mass is 10.1. The largest absolute Gasteiger partial charge is 0.506 e. The van der Waals surface area contributed by atoms with Crippen LogP contribution in [0.5, 0.6) is 5.75 Å². The maximum atomic E-state index is 10.0. The number of hydrogen-bond donors (Lipinski definition) is 3. The number of aromatic nitrogens is 1. The van der Waals surface area contributed by atoms with E-state index in [0.717, 1.165) is 10.2 Å². The summed E-state index contributed by atoms with van der Waals surface area (Å²) in [5, 5.41) is 22.5. The fourth-order valence-corrected chi connectivity index (χ4v) is 2.04. The van der Waals surface area contributed by atoms with Crippen molar-refractivity contribution in [2.24, 2.45) is 0 Å². The number of aliphatic hydroxyl groups is 1. The minimum atomic E-state index is -0.141. The number of nitrogens with zero attached hydrogens (tertiary/aromatic N) is 1. The number of aromatic hydroxyl groups is 1. The lowest BCUT2D eigenvalue weighted by Crippen LogP contribution is -2.05. The van der Waals surface area contributed by atoms with E-state index in [2.05, 4.69) is 26.2 Å². The molecule has 0 saturated carbocycles. The van der Waals surface area contributed by atoms with Gasteiger partial charge in [0.15, 0.2) is 0 Å². The first kappa shape index (κ1) is 13.8. The summed E-state index contributed by atoms with van der Waals surface area (Å²) < 4.78 is 1.01. The Kier molecular flexibility index (Phi) is 4.39. The Bertz CT molecular complexity index is 570. The van der Waals surface area contributed by atoms with Gasteiger partial charge in [0.2, 0.25) is 0 Å². The second-order valence-electron chi connectivity index (χ2n) is 4.21. The van der Waals surface area contributed by atoms with E-state index in [-0.39, 0.29) is 12.4 Å². The lowest BCUT2D eigenvalue weighted by molar-refractivity contribution is 0.279. The monoisotopic (exact) mass is 322 g/mol. The normalized spacial score (nSPS) is 10.5. The molecular formula is C14H15BrN2O2. The first-order valence-corrected chi connectivity index (χ1v) is 6.67. The van der Waals surface area contributed by atoms with Crippen LogP contribution in [0.3, 0.4) is 0 Å². The van der Waals surface area contributed by atoms with E-state index < -0.39 is 0 Å². The molecule has 0 saturated heterocycles. The summed E-state index contributed by atoms with van der Waals surface area (Å²) in [5.41, 5.74) is 2.82. The Labute approximate surface area is 120 Å². The van der Waals surface area contributed by atoms with Crippen LogP contribution in [0.15, 0.2) is 34.9 Å². The van der Waals surface area contributed by atoms with Crippen molar-refractivity contribution in [1.82, 2.24) is 4.98 Å². The lowest BCUT2D eigenvalue weighted by Gasteiger charge is -2.13. The summed E-state index contributed by atoms with van der Waals surface area (Å²) in [6.45, 7) is 2.03. The molecule has 0 bridgehead atoms. The van der Waals surface area contributed by atoms with Crippen LogP contribution in [0.1, 0.15) is 16.8 Å². The molecular weight excluding hydrogens is 308 g/mol. The molecule has 2 aromatic rings. The molecule has 5 heteroatoms. The minimum absolute atomic E-state index is 0.135. The number of pyridine rings is 1. The Balaban J connectivity index is 2.19. The number of halogens is 1. The predicted octanol–water partition coefficient (Wildman–Crippen LogP) is 2.96. The Hall–Kier alpha value is -1.59. The maximum absolute atomic E-state index is 10.0. The first-order valence-electron chi connectivity index (χ1n) is 5.88. The molecule has 0 spiro atoms. The number of benzene rings is 1. The van der Waals surface area contributed by atoms with Crippen molar-refractivity contribution in [1.29, 1.82) is 0 Å². The molecule has 2 rings (SSSR count). The molecule has 0 radical (unpaired) electrons. The maximum Gasteiger partial charge on any atom is 0.142 e. The van der Waals surface area contributed by atoms with Gasteiger partial charge in [-0.25, -0.2) is 0 Å². The Morgan fingerprint density at radius 2 is 1.95 bits per heavy atom. The molecule has 1 aromatic heterocycles. The van der Waals surface area contributed by atoms with Gasteiger partial charge in [0.05, 0.1) is 12.3 Å². The van der Waals surface area contributed by atoms with Crippen molar-refractivity contribution < 1.29 is 10.2 Å². The van der Waals surface area contributed by atoms with Crippen LogP contribution in [-0.4, -0.2) is 15.2 Å². The predicted molar refractivity (Wildman–Crippen MR) is 78.0 cm³/mol. The zero-order valence-corrected chi connectivity index (χ0v) is 12.1. The van der Waals surface area contributed by atoms with Crippen molar-refractivity contribution in [2.45, 2.75) is 20.1 Å². The smallest absolute Gasteiger partial charge is 0.142 e. The van der Waals surface area contributed by atoms with Crippen LogP contribution in [0.4, 0.5) is 5.69 Å². The zero-order chi connectivity index (χ0) is 13.8. The highest BCUT2D eigenvalue weighted by Gasteiger charge is 2.10. The van der Waals surface area contributed by atoms with Crippen molar-refractivity contribution in [3.8, 4) is 5.75 Å². The third kappa shape index (κ3) is 3.24. The van der Waals surface area contributed by atoms with Gasteiger partial charge >= 0.3 is 0 Å². The van der Waals surface area contributed by atoms with E-state index >= 15 is 0 Å². The average molecular weight is 323 g/mol. The summed E-state index contributed by atoms with van der Waals surface area (Å²) in [7, 11) is 0. The van der Waals surface area contributed by atoms with E-state index in [1.165, 1.54) is 0 Å². The van der Waals surface area contributed by atoms with E-state index in [0.29, 0.717) is 23.4 Å².